The predicted molar refractivity (Wildman–Crippen MR) is 105 cm³/mol. The molecule has 2 aromatic heterocycles. The Morgan fingerprint density at radius 1 is 1.17 bits per heavy atom. The zero-order chi connectivity index (χ0) is 21.6. The van der Waals surface area contributed by atoms with E-state index in [1.54, 1.807) is 0 Å². The van der Waals surface area contributed by atoms with Crippen LogP contribution >= 0.6 is 11.3 Å². The van der Waals surface area contributed by atoms with Gasteiger partial charge >= 0.3 is 11.9 Å². The monoisotopic (exact) mass is 430 g/mol. The molecule has 4 rings (SSSR count). The van der Waals surface area contributed by atoms with Crippen LogP contribution in [0.2, 0.25) is 0 Å². The number of carbonyl (C=O) groups excluding carboxylic acids is 1. The molecular formula is C20H12F2N2O5S. The number of carboxylic acids is 1. The normalized spacial score (nSPS) is 11.0. The van der Waals surface area contributed by atoms with Gasteiger partial charge in [0.15, 0.2) is 23.0 Å². The highest BCUT2D eigenvalue weighted by atomic mass is 32.1. The average molecular weight is 430 g/mol. The number of phenolic OH excluding ortho intramolecular Hbond substituents is 1. The number of hydrogen-bond donors (Lipinski definition) is 3. The second-order valence-corrected chi connectivity index (χ2v) is 7.19. The highest BCUT2D eigenvalue weighted by Gasteiger charge is 2.26. The molecule has 1 amide bonds. The van der Waals surface area contributed by atoms with Crippen LogP contribution < -0.4 is 5.32 Å². The molecule has 0 aliphatic carbocycles. The third-order valence-electron chi connectivity index (χ3n) is 4.36. The van der Waals surface area contributed by atoms with Gasteiger partial charge in [0.05, 0.1) is 10.6 Å². The van der Waals surface area contributed by atoms with Gasteiger partial charge in [0.2, 0.25) is 0 Å². The number of aromatic hydroxyl groups is 1. The summed E-state index contributed by atoms with van der Waals surface area (Å²) in [6.45, 7) is 1.39. The summed E-state index contributed by atoms with van der Waals surface area (Å²) in [5.74, 6) is -5.16. The number of carboxylic acid groups (broad SMARTS) is 1. The number of fused-ring (bicyclic) bond motifs is 1. The average Bonchev–Trinajstić information content (AvgIpc) is 3.31. The number of oxazole rings is 1. The molecule has 4 aromatic rings. The van der Waals surface area contributed by atoms with Crippen LogP contribution in [0.4, 0.5) is 14.5 Å². The Labute approximate surface area is 171 Å². The molecule has 0 unspecified atom stereocenters. The van der Waals surface area contributed by atoms with Crippen LogP contribution in [-0.2, 0) is 0 Å². The maximum absolute atomic E-state index is 14.4. The smallest absolute Gasteiger partial charge is 0.339 e. The number of nitrogens with zero attached hydrogens (tertiary/aromatic N) is 1. The summed E-state index contributed by atoms with van der Waals surface area (Å²) in [4.78, 5) is 28.2. The van der Waals surface area contributed by atoms with Crippen LogP contribution in [0.25, 0.3) is 21.5 Å². The molecule has 0 bridgehead atoms. The summed E-state index contributed by atoms with van der Waals surface area (Å²) in [6, 6.07) is 7.02. The summed E-state index contributed by atoms with van der Waals surface area (Å²) in [7, 11) is 0. The van der Waals surface area contributed by atoms with Gasteiger partial charge in [-0.25, -0.2) is 18.6 Å². The fourth-order valence-electron chi connectivity index (χ4n) is 2.89. The standard InChI is InChI=1S/C20H12F2N2O5S/c1-8-5-6-9(15(22)14(8)21)17-13(20(27)28)11(7-30-17)23-18(26)19-24-10-3-2-4-12(25)16(10)29-19/h2-7,25H,1H3,(H,23,26)(H,27,28). The van der Waals surface area contributed by atoms with Gasteiger partial charge in [-0.2, -0.15) is 0 Å². The lowest BCUT2D eigenvalue weighted by Crippen LogP contribution is -2.14. The van der Waals surface area contributed by atoms with E-state index in [4.69, 9.17) is 4.42 Å². The summed E-state index contributed by atoms with van der Waals surface area (Å²) < 4.78 is 33.6. The molecular weight excluding hydrogens is 418 g/mol. The summed E-state index contributed by atoms with van der Waals surface area (Å²) in [5, 5.41) is 23.0. The Bertz CT molecular complexity index is 1330. The van der Waals surface area contributed by atoms with Crippen molar-refractivity contribution in [2.45, 2.75) is 6.92 Å². The van der Waals surface area contributed by atoms with Crippen molar-refractivity contribution >= 4 is 40.0 Å². The number of thiophene rings is 1. The quantitative estimate of drug-likeness (QED) is 0.429. The molecule has 30 heavy (non-hydrogen) atoms. The van der Waals surface area contributed by atoms with E-state index in [-0.39, 0.29) is 38.5 Å². The van der Waals surface area contributed by atoms with E-state index >= 15 is 0 Å². The van der Waals surface area contributed by atoms with Gasteiger partial charge in [-0.15, -0.1) is 11.3 Å². The predicted octanol–water partition coefficient (Wildman–Crippen LogP) is 4.80. The van der Waals surface area contributed by atoms with Gasteiger partial charge in [0.25, 0.3) is 5.89 Å². The molecule has 7 nitrogen and oxygen atoms in total. The van der Waals surface area contributed by atoms with E-state index in [9.17, 15) is 28.6 Å². The number of phenols is 1. The molecule has 0 atom stereocenters. The van der Waals surface area contributed by atoms with Gasteiger partial charge in [0, 0.05) is 10.9 Å². The second-order valence-electron chi connectivity index (χ2n) is 6.32. The number of amides is 1. The molecule has 0 saturated heterocycles. The fraction of sp³-hybridized carbons (Fsp3) is 0.0500. The van der Waals surface area contributed by atoms with Crippen LogP contribution in [0.3, 0.4) is 0 Å². The van der Waals surface area contributed by atoms with Crippen molar-refractivity contribution in [3.05, 3.63) is 64.4 Å². The maximum atomic E-state index is 14.4. The van der Waals surface area contributed by atoms with Crippen molar-refractivity contribution in [2.75, 3.05) is 5.32 Å². The molecule has 152 valence electrons. The molecule has 0 aliphatic heterocycles. The Balaban J connectivity index is 1.73. The lowest BCUT2D eigenvalue weighted by Gasteiger charge is -2.07. The Hall–Kier alpha value is -3.79. The van der Waals surface area contributed by atoms with Crippen molar-refractivity contribution in [1.29, 1.82) is 0 Å². The fourth-order valence-corrected chi connectivity index (χ4v) is 3.90. The van der Waals surface area contributed by atoms with E-state index in [2.05, 4.69) is 10.3 Å². The highest BCUT2D eigenvalue weighted by Crippen LogP contribution is 2.38. The van der Waals surface area contributed by atoms with Crippen molar-refractivity contribution < 1.29 is 33.0 Å². The lowest BCUT2D eigenvalue weighted by molar-refractivity contribution is 0.0699. The molecule has 0 aliphatic rings. The van der Waals surface area contributed by atoms with E-state index in [1.807, 2.05) is 0 Å². The molecule has 2 aromatic carbocycles. The topological polar surface area (TPSA) is 113 Å². The number of aromatic nitrogens is 1. The van der Waals surface area contributed by atoms with E-state index in [1.165, 1.54) is 42.6 Å². The van der Waals surface area contributed by atoms with Crippen LogP contribution in [0.1, 0.15) is 26.6 Å². The molecule has 2 heterocycles. The molecule has 10 heteroatoms. The first-order chi connectivity index (χ1) is 14.3. The largest absolute Gasteiger partial charge is 0.504 e. The zero-order valence-electron chi connectivity index (χ0n) is 15.2. The van der Waals surface area contributed by atoms with Crippen molar-refractivity contribution in [3.63, 3.8) is 0 Å². The number of benzene rings is 2. The Morgan fingerprint density at radius 3 is 2.63 bits per heavy atom. The van der Waals surface area contributed by atoms with Crippen LogP contribution in [0, 0.1) is 18.6 Å². The summed E-state index contributed by atoms with van der Waals surface area (Å²) in [5.41, 5.74) is -0.426. The highest BCUT2D eigenvalue weighted by molar-refractivity contribution is 7.14. The van der Waals surface area contributed by atoms with E-state index < -0.39 is 35.0 Å². The van der Waals surface area contributed by atoms with Crippen molar-refractivity contribution in [1.82, 2.24) is 4.98 Å². The van der Waals surface area contributed by atoms with E-state index in [0.717, 1.165) is 11.3 Å². The SMILES string of the molecule is Cc1ccc(-c2scc(NC(=O)c3nc4cccc(O)c4o3)c2C(=O)O)c(F)c1F. The minimum atomic E-state index is -1.43. The first-order valence-electron chi connectivity index (χ1n) is 8.47. The molecule has 0 radical (unpaired) electrons. The van der Waals surface area contributed by atoms with Gasteiger partial charge in [-0.3, -0.25) is 4.79 Å². The molecule has 0 saturated carbocycles. The van der Waals surface area contributed by atoms with Crippen molar-refractivity contribution in [2.24, 2.45) is 0 Å². The minimum Gasteiger partial charge on any atom is -0.504 e. The molecule has 3 N–H and O–H groups in total. The van der Waals surface area contributed by atoms with E-state index in [0.29, 0.717) is 0 Å². The second kappa shape index (κ2) is 7.23. The third-order valence-corrected chi connectivity index (χ3v) is 5.37. The maximum Gasteiger partial charge on any atom is 0.339 e. The molecule has 0 spiro atoms. The van der Waals surface area contributed by atoms with Crippen LogP contribution in [0.15, 0.2) is 40.1 Å². The summed E-state index contributed by atoms with van der Waals surface area (Å²) >= 11 is 0.838. The number of rotatable bonds is 4. The number of hydrogen-bond acceptors (Lipinski definition) is 6. The Morgan fingerprint density at radius 2 is 1.93 bits per heavy atom. The first-order valence-corrected chi connectivity index (χ1v) is 9.35. The number of carbonyl (C=O) groups is 2. The van der Waals surface area contributed by atoms with Gasteiger partial charge < -0.3 is 19.9 Å². The summed E-state index contributed by atoms with van der Waals surface area (Å²) in [6.07, 6.45) is 0. The Kier molecular flexibility index (Phi) is 4.70. The number of nitrogens with one attached hydrogen (secondary N) is 1. The van der Waals surface area contributed by atoms with Gasteiger partial charge in [0.1, 0.15) is 11.1 Å². The van der Waals surface area contributed by atoms with Crippen LogP contribution in [0.5, 0.6) is 5.75 Å². The minimum absolute atomic E-state index is 0.00400. The third kappa shape index (κ3) is 3.16. The number of aromatic carboxylic acids is 1. The van der Waals surface area contributed by atoms with Gasteiger partial charge in [-0.1, -0.05) is 18.2 Å². The number of anilines is 1. The number of aryl methyl sites for hydroxylation is 1. The van der Waals surface area contributed by atoms with Crippen molar-refractivity contribution in [3.8, 4) is 16.2 Å². The lowest BCUT2D eigenvalue weighted by atomic mass is 10.1. The number of halogens is 2. The number of para-hydroxylation sites is 1. The van der Waals surface area contributed by atoms with Crippen LogP contribution in [-0.4, -0.2) is 27.1 Å². The first kappa shape index (κ1) is 19.5. The molecule has 0 fully saturated rings. The zero-order valence-corrected chi connectivity index (χ0v) is 16.0. The van der Waals surface area contributed by atoms with Gasteiger partial charge in [-0.05, 0) is 24.6 Å².